The average Bonchev–Trinajstić information content (AvgIpc) is 3.05. The highest BCUT2D eigenvalue weighted by atomic mass is 16.5. The molecule has 96 valence electrons. The van der Waals surface area contributed by atoms with Crippen LogP contribution < -0.4 is 5.73 Å². The van der Waals surface area contributed by atoms with Crippen LogP contribution in [0.2, 0.25) is 0 Å². The van der Waals surface area contributed by atoms with Gasteiger partial charge in [0.1, 0.15) is 6.10 Å². The molecule has 5 heteroatoms. The molecule has 0 bridgehead atoms. The Morgan fingerprint density at radius 1 is 1.47 bits per heavy atom. The van der Waals surface area contributed by atoms with Crippen molar-refractivity contribution >= 4 is 0 Å². The number of ether oxygens (including phenoxy) is 1. The first-order chi connectivity index (χ1) is 8.26. The lowest BCUT2D eigenvalue weighted by atomic mass is 10.2. The van der Waals surface area contributed by atoms with Crippen LogP contribution in [-0.4, -0.2) is 16.7 Å². The van der Waals surface area contributed by atoms with Gasteiger partial charge in [0.2, 0.25) is 11.7 Å². The molecule has 0 spiro atoms. The Labute approximate surface area is 102 Å². The van der Waals surface area contributed by atoms with Crippen LogP contribution in [0.4, 0.5) is 0 Å². The summed E-state index contributed by atoms with van der Waals surface area (Å²) in [5.41, 5.74) is 6.02. The molecule has 5 nitrogen and oxygen atoms in total. The van der Waals surface area contributed by atoms with Crippen LogP contribution in [-0.2, 0) is 4.74 Å². The number of hydrogen-bond acceptors (Lipinski definition) is 5. The van der Waals surface area contributed by atoms with Crippen LogP contribution >= 0.6 is 0 Å². The van der Waals surface area contributed by atoms with Gasteiger partial charge in [0, 0.05) is 6.61 Å². The molecule has 2 N–H and O–H groups in total. The molecule has 0 amide bonds. The first-order valence-corrected chi connectivity index (χ1v) is 6.46. The third-order valence-electron chi connectivity index (χ3n) is 3.08. The molecule has 2 unspecified atom stereocenters. The Kier molecular flexibility index (Phi) is 4.12. The monoisotopic (exact) mass is 239 g/mol. The molecular formula is C12H21N3O2. The molecule has 1 aromatic rings. The molecule has 0 aliphatic heterocycles. The largest absolute Gasteiger partial charge is 0.370 e. The van der Waals surface area contributed by atoms with E-state index in [1.807, 2.05) is 6.92 Å². The van der Waals surface area contributed by atoms with Crippen LogP contribution in [0, 0.1) is 5.92 Å². The lowest BCUT2D eigenvalue weighted by molar-refractivity contribution is 0.0477. The minimum Gasteiger partial charge on any atom is -0.370 e. The lowest BCUT2D eigenvalue weighted by Gasteiger charge is -2.11. The molecule has 1 fully saturated rings. The number of hydrogen-bond donors (Lipinski definition) is 1. The second kappa shape index (κ2) is 5.60. The van der Waals surface area contributed by atoms with Gasteiger partial charge in [-0.3, -0.25) is 0 Å². The van der Waals surface area contributed by atoms with Crippen LogP contribution in [0.3, 0.4) is 0 Å². The van der Waals surface area contributed by atoms with Crippen LogP contribution in [0.15, 0.2) is 4.52 Å². The maximum Gasteiger partial charge on any atom is 0.243 e. The standard InChI is InChI=1S/C12H21N3O2/c1-3-5-9(16-4-2)11-14-12(17-15-11)10(13)8-6-7-8/h8-10H,3-7,13H2,1-2H3. The summed E-state index contributed by atoms with van der Waals surface area (Å²) in [5.74, 6) is 1.73. The van der Waals surface area contributed by atoms with E-state index in [4.69, 9.17) is 15.0 Å². The van der Waals surface area contributed by atoms with Crippen molar-refractivity contribution in [2.24, 2.45) is 11.7 Å². The zero-order chi connectivity index (χ0) is 12.3. The number of nitrogens with two attached hydrogens (primary N) is 1. The first kappa shape index (κ1) is 12.5. The van der Waals surface area contributed by atoms with Crippen LogP contribution in [0.1, 0.15) is 63.4 Å². The summed E-state index contributed by atoms with van der Waals surface area (Å²) in [5, 5.41) is 3.99. The van der Waals surface area contributed by atoms with Gasteiger partial charge < -0.3 is 15.0 Å². The highest BCUT2D eigenvalue weighted by Crippen LogP contribution is 2.39. The molecule has 1 aliphatic carbocycles. The minimum atomic E-state index is -0.0971. The molecular weight excluding hydrogens is 218 g/mol. The Morgan fingerprint density at radius 2 is 2.24 bits per heavy atom. The van der Waals surface area contributed by atoms with Gasteiger partial charge in [-0.1, -0.05) is 18.5 Å². The van der Waals surface area contributed by atoms with E-state index in [1.54, 1.807) is 0 Å². The highest BCUT2D eigenvalue weighted by molar-refractivity contribution is 5.00. The topological polar surface area (TPSA) is 74.2 Å². The molecule has 1 saturated carbocycles. The molecule has 1 aliphatic rings. The third-order valence-corrected chi connectivity index (χ3v) is 3.08. The van der Waals surface area contributed by atoms with Crippen LogP contribution in [0.5, 0.6) is 0 Å². The molecule has 2 rings (SSSR count). The fourth-order valence-electron chi connectivity index (χ4n) is 1.92. The van der Waals surface area contributed by atoms with Gasteiger partial charge in [-0.25, -0.2) is 0 Å². The Morgan fingerprint density at radius 3 is 2.82 bits per heavy atom. The zero-order valence-corrected chi connectivity index (χ0v) is 10.6. The summed E-state index contributed by atoms with van der Waals surface area (Å²) >= 11 is 0. The van der Waals surface area contributed by atoms with Crippen molar-refractivity contribution in [3.63, 3.8) is 0 Å². The second-order valence-electron chi connectivity index (χ2n) is 4.59. The summed E-state index contributed by atoms with van der Waals surface area (Å²) < 4.78 is 10.8. The normalized spacial score (nSPS) is 19.2. The SMILES string of the molecule is CCCC(OCC)c1noc(C(N)C2CC2)n1. The quantitative estimate of drug-likeness (QED) is 0.790. The van der Waals surface area contributed by atoms with E-state index in [0.29, 0.717) is 24.2 Å². The molecule has 0 aromatic carbocycles. The summed E-state index contributed by atoms with van der Waals surface area (Å²) in [6, 6.07) is -0.0971. The molecule has 17 heavy (non-hydrogen) atoms. The maximum atomic E-state index is 6.02. The van der Waals surface area contributed by atoms with Gasteiger partial charge >= 0.3 is 0 Å². The average molecular weight is 239 g/mol. The van der Waals surface area contributed by atoms with Crippen molar-refractivity contribution in [1.29, 1.82) is 0 Å². The Balaban J connectivity index is 2.03. The summed E-state index contributed by atoms with van der Waals surface area (Å²) in [6.07, 6.45) is 4.22. The van der Waals surface area contributed by atoms with Crippen molar-refractivity contribution in [1.82, 2.24) is 10.1 Å². The number of aromatic nitrogens is 2. The molecule has 2 atom stereocenters. The maximum absolute atomic E-state index is 6.02. The molecule has 1 aromatic heterocycles. The molecule has 0 saturated heterocycles. The van der Waals surface area contributed by atoms with Gasteiger partial charge in [-0.15, -0.1) is 0 Å². The fraction of sp³-hybridized carbons (Fsp3) is 0.833. The Bertz CT molecular complexity index is 343. The van der Waals surface area contributed by atoms with Gasteiger partial charge in [0.15, 0.2) is 0 Å². The van der Waals surface area contributed by atoms with Crippen LogP contribution in [0.25, 0.3) is 0 Å². The highest BCUT2D eigenvalue weighted by Gasteiger charge is 2.33. The van der Waals surface area contributed by atoms with E-state index in [2.05, 4.69) is 17.1 Å². The van der Waals surface area contributed by atoms with Crippen molar-refractivity contribution < 1.29 is 9.26 Å². The third kappa shape index (κ3) is 3.04. The van der Waals surface area contributed by atoms with Gasteiger partial charge in [-0.05, 0) is 32.1 Å². The predicted octanol–water partition coefficient (Wildman–Crippen LogP) is 2.36. The van der Waals surface area contributed by atoms with E-state index in [-0.39, 0.29) is 12.1 Å². The lowest BCUT2D eigenvalue weighted by Crippen LogP contribution is -2.13. The first-order valence-electron chi connectivity index (χ1n) is 6.46. The summed E-state index contributed by atoms with van der Waals surface area (Å²) in [4.78, 5) is 4.38. The van der Waals surface area contributed by atoms with E-state index < -0.39 is 0 Å². The van der Waals surface area contributed by atoms with Crippen molar-refractivity contribution in [2.75, 3.05) is 6.61 Å². The minimum absolute atomic E-state index is 0.0612. The van der Waals surface area contributed by atoms with E-state index in [1.165, 1.54) is 12.8 Å². The van der Waals surface area contributed by atoms with Crippen molar-refractivity contribution in [2.45, 2.75) is 51.7 Å². The number of nitrogens with zero attached hydrogens (tertiary/aromatic N) is 2. The van der Waals surface area contributed by atoms with Crippen molar-refractivity contribution in [3.05, 3.63) is 11.7 Å². The van der Waals surface area contributed by atoms with Crippen molar-refractivity contribution in [3.8, 4) is 0 Å². The smallest absolute Gasteiger partial charge is 0.243 e. The zero-order valence-electron chi connectivity index (χ0n) is 10.6. The summed E-state index contributed by atoms with van der Waals surface area (Å²) in [7, 11) is 0. The van der Waals surface area contributed by atoms with Gasteiger partial charge in [0.05, 0.1) is 6.04 Å². The number of rotatable bonds is 7. The fourth-order valence-corrected chi connectivity index (χ4v) is 1.92. The molecule has 0 radical (unpaired) electrons. The van der Waals surface area contributed by atoms with Gasteiger partial charge in [-0.2, -0.15) is 4.98 Å². The van der Waals surface area contributed by atoms with E-state index in [0.717, 1.165) is 12.8 Å². The Hall–Kier alpha value is -0.940. The second-order valence-corrected chi connectivity index (χ2v) is 4.59. The molecule has 1 heterocycles. The van der Waals surface area contributed by atoms with E-state index in [9.17, 15) is 0 Å². The van der Waals surface area contributed by atoms with Gasteiger partial charge in [0.25, 0.3) is 0 Å². The summed E-state index contributed by atoms with van der Waals surface area (Å²) in [6.45, 7) is 4.74. The van der Waals surface area contributed by atoms with E-state index >= 15 is 0 Å². The predicted molar refractivity (Wildman–Crippen MR) is 63.2 cm³/mol.